The highest BCUT2D eigenvalue weighted by Gasteiger charge is 2.27. The second-order valence-electron chi connectivity index (χ2n) is 8.11. The Morgan fingerprint density at radius 3 is 2.17 bits per heavy atom. The smallest absolute Gasteiger partial charge is 0.339 e. The van der Waals surface area contributed by atoms with Gasteiger partial charge >= 0.3 is 11.9 Å². The lowest BCUT2D eigenvalue weighted by molar-refractivity contribution is -0.138. The van der Waals surface area contributed by atoms with Crippen LogP contribution < -0.4 is 10.0 Å². The molecule has 0 unspecified atom stereocenters. The van der Waals surface area contributed by atoms with E-state index in [1.807, 2.05) is 0 Å². The number of amides is 1. The number of nitrogens with one attached hydrogen (secondary N) is 2. The van der Waals surface area contributed by atoms with Crippen molar-refractivity contribution in [1.82, 2.24) is 10.0 Å². The molecular weight excluding hydrogens is 480 g/mol. The van der Waals surface area contributed by atoms with E-state index in [0.29, 0.717) is 11.8 Å². The first-order valence-electron chi connectivity index (χ1n) is 10.4. The van der Waals surface area contributed by atoms with Crippen molar-refractivity contribution in [3.8, 4) is 5.75 Å². The summed E-state index contributed by atoms with van der Waals surface area (Å²) in [6, 6.07) is 5.76. The highest BCUT2D eigenvalue weighted by Crippen LogP contribution is 2.35. The maximum Gasteiger partial charge on any atom is 0.339 e. The molecule has 2 rings (SSSR count). The minimum Gasteiger partial charge on any atom is -0.507 e. The van der Waals surface area contributed by atoms with Crippen molar-refractivity contribution in [2.75, 3.05) is 0 Å². The van der Waals surface area contributed by atoms with Crippen molar-refractivity contribution in [3.63, 3.8) is 0 Å². The summed E-state index contributed by atoms with van der Waals surface area (Å²) in [5, 5.41) is 30.8. The summed E-state index contributed by atoms with van der Waals surface area (Å²) in [4.78, 5) is 45.2. The second-order valence-corrected chi connectivity index (χ2v) is 9.84. The van der Waals surface area contributed by atoms with Crippen LogP contribution in [0.1, 0.15) is 63.6 Å². The van der Waals surface area contributed by atoms with Gasteiger partial charge in [0.1, 0.15) is 17.6 Å². The summed E-state index contributed by atoms with van der Waals surface area (Å²) in [7, 11) is -4.17. The summed E-state index contributed by atoms with van der Waals surface area (Å²) < 4.78 is 28.3. The first-order chi connectivity index (χ1) is 16.3. The van der Waals surface area contributed by atoms with E-state index in [1.165, 1.54) is 37.3 Å². The minimum absolute atomic E-state index is 0.106. The monoisotopic (exact) mass is 506 g/mol. The molecule has 11 nitrogen and oxygen atoms in total. The largest absolute Gasteiger partial charge is 0.507 e. The van der Waals surface area contributed by atoms with Gasteiger partial charge in [-0.25, -0.2) is 17.9 Å². The van der Waals surface area contributed by atoms with E-state index in [4.69, 9.17) is 5.11 Å². The molecule has 0 bridgehead atoms. The van der Waals surface area contributed by atoms with Crippen molar-refractivity contribution in [2.45, 2.75) is 50.6 Å². The summed E-state index contributed by atoms with van der Waals surface area (Å²) in [6.45, 7) is 4.50. The van der Waals surface area contributed by atoms with Gasteiger partial charge in [0.05, 0.1) is 17.4 Å². The van der Waals surface area contributed by atoms with Gasteiger partial charge < -0.3 is 25.4 Å². The number of phenols is 1. The fourth-order valence-corrected chi connectivity index (χ4v) is 4.65. The van der Waals surface area contributed by atoms with E-state index in [2.05, 4.69) is 10.0 Å². The first kappa shape index (κ1) is 27.5. The van der Waals surface area contributed by atoms with Crippen molar-refractivity contribution < 1.29 is 42.9 Å². The number of hydrogen-bond acceptors (Lipinski definition) is 7. The van der Waals surface area contributed by atoms with E-state index >= 15 is 0 Å². The second kappa shape index (κ2) is 11.1. The van der Waals surface area contributed by atoms with Gasteiger partial charge in [-0.1, -0.05) is 26.0 Å². The standard InChI is InChI=1S/C23H26N2O9S/c1-12(2)17-9-18(13(3)20(21(17)29)23(31)32)35(33,34)24-10-14-4-6-15(7-5-14)22(30)25-16(11-26)8-19(27)28/h4-7,9,11-12,16,24,29H,8,10H2,1-3H3,(H,25,30)(H,27,28)(H,31,32)/t16-/m0/s1. The van der Waals surface area contributed by atoms with Crippen molar-refractivity contribution in [2.24, 2.45) is 0 Å². The molecule has 35 heavy (non-hydrogen) atoms. The first-order valence-corrected chi connectivity index (χ1v) is 11.9. The number of carbonyl (C=O) groups excluding carboxylic acids is 2. The van der Waals surface area contributed by atoms with Crippen molar-refractivity contribution in [1.29, 1.82) is 0 Å². The zero-order valence-electron chi connectivity index (χ0n) is 19.2. The molecule has 0 spiro atoms. The highest BCUT2D eigenvalue weighted by atomic mass is 32.2. The maximum atomic E-state index is 13.0. The van der Waals surface area contributed by atoms with Gasteiger partial charge in [-0.2, -0.15) is 0 Å². The Bertz CT molecular complexity index is 1250. The van der Waals surface area contributed by atoms with Crippen LogP contribution in [0.4, 0.5) is 0 Å². The molecule has 0 saturated heterocycles. The topological polar surface area (TPSA) is 187 Å². The molecule has 0 radical (unpaired) electrons. The lowest BCUT2D eigenvalue weighted by Gasteiger charge is -2.17. The number of aldehydes is 1. The Hall–Kier alpha value is -3.77. The van der Waals surface area contributed by atoms with Gasteiger partial charge in [-0.3, -0.25) is 9.59 Å². The third kappa shape index (κ3) is 6.64. The molecule has 1 atom stereocenters. The molecule has 1 amide bonds. The molecule has 5 N–H and O–H groups in total. The Balaban J connectivity index is 2.22. The number of carboxylic acid groups (broad SMARTS) is 2. The Morgan fingerprint density at radius 1 is 1.09 bits per heavy atom. The number of carboxylic acids is 2. The molecule has 0 aliphatic heterocycles. The quantitative estimate of drug-likeness (QED) is 0.283. The maximum absolute atomic E-state index is 13.0. The van der Waals surface area contributed by atoms with Gasteiger partial charge in [-0.15, -0.1) is 0 Å². The molecule has 188 valence electrons. The number of aromatic carboxylic acids is 1. The van der Waals surface area contributed by atoms with E-state index in [1.54, 1.807) is 13.8 Å². The number of sulfonamides is 1. The highest BCUT2D eigenvalue weighted by molar-refractivity contribution is 7.89. The number of aromatic hydroxyl groups is 1. The summed E-state index contributed by atoms with van der Waals surface area (Å²) >= 11 is 0. The molecule has 12 heteroatoms. The average molecular weight is 507 g/mol. The van der Waals surface area contributed by atoms with Crippen LogP contribution in [-0.4, -0.2) is 53.9 Å². The fourth-order valence-electron chi connectivity index (χ4n) is 3.35. The molecular formula is C23H26N2O9S. The average Bonchev–Trinajstić information content (AvgIpc) is 2.76. The lowest BCUT2D eigenvalue weighted by Crippen LogP contribution is -2.37. The van der Waals surface area contributed by atoms with Gasteiger partial charge in [0, 0.05) is 12.1 Å². The Kier molecular flexibility index (Phi) is 8.72. The Morgan fingerprint density at radius 2 is 1.69 bits per heavy atom. The summed E-state index contributed by atoms with van der Waals surface area (Å²) in [6.07, 6.45) is -0.241. The molecule has 0 aromatic heterocycles. The normalized spacial score (nSPS) is 12.2. The number of rotatable bonds is 11. The molecule has 0 heterocycles. The summed E-state index contributed by atoms with van der Waals surface area (Å²) in [5.41, 5.74) is 0.200. The molecule has 0 saturated carbocycles. The van der Waals surface area contributed by atoms with Crippen LogP contribution in [-0.2, 0) is 26.2 Å². The lowest BCUT2D eigenvalue weighted by atomic mass is 9.96. The Labute approximate surface area is 201 Å². The van der Waals surface area contributed by atoms with E-state index in [9.17, 15) is 37.8 Å². The zero-order valence-corrected chi connectivity index (χ0v) is 20.0. The van der Waals surface area contributed by atoms with Gasteiger partial charge in [-0.05, 0) is 47.7 Å². The van der Waals surface area contributed by atoms with E-state index < -0.39 is 51.6 Å². The zero-order chi connectivity index (χ0) is 26.5. The SMILES string of the molecule is Cc1c(S(=O)(=O)NCc2ccc(C(=O)N[C@H](C=O)CC(=O)O)cc2)cc(C(C)C)c(O)c1C(=O)O. The summed E-state index contributed by atoms with van der Waals surface area (Å²) in [5.74, 6) is -4.18. The van der Waals surface area contributed by atoms with Crippen molar-refractivity contribution >= 4 is 34.2 Å². The molecule has 2 aromatic rings. The van der Waals surface area contributed by atoms with Crippen LogP contribution in [0.15, 0.2) is 35.2 Å². The van der Waals surface area contributed by atoms with Crippen LogP contribution in [0.2, 0.25) is 0 Å². The van der Waals surface area contributed by atoms with Crippen LogP contribution in [0.3, 0.4) is 0 Å². The molecule has 0 aliphatic carbocycles. The van der Waals surface area contributed by atoms with Crippen LogP contribution >= 0.6 is 0 Å². The minimum atomic E-state index is -4.17. The van der Waals surface area contributed by atoms with Crippen LogP contribution in [0.25, 0.3) is 0 Å². The fraction of sp³-hybridized carbons (Fsp3) is 0.304. The third-order valence-corrected chi connectivity index (χ3v) is 6.75. The van der Waals surface area contributed by atoms with Gasteiger partial charge in [0.2, 0.25) is 10.0 Å². The van der Waals surface area contributed by atoms with E-state index in [0.717, 1.165) is 0 Å². The van der Waals surface area contributed by atoms with Crippen molar-refractivity contribution in [3.05, 3.63) is 58.1 Å². The molecule has 2 aromatic carbocycles. The van der Waals surface area contributed by atoms with Crippen LogP contribution in [0, 0.1) is 6.92 Å². The number of benzene rings is 2. The van der Waals surface area contributed by atoms with Gasteiger partial charge in [0.25, 0.3) is 5.91 Å². The molecule has 0 fully saturated rings. The van der Waals surface area contributed by atoms with Gasteiger partial charge in [0.15, 0.2) is 0 Å². The van der Waals surface area contributed by atoms with E-state index in [-0.39, 0.29) is 34.0 Å². The van der Waals surface area contributed by atoms with Crippen LogP contribution in [0.5, 0.6) is 5.75 Å². The molecule has 0 aliphatic rings. The third-order valence-electron chi connectivity index (χ3n) is 5.22. The number of hydrogen-bond donors (Lipinski definition) is 5. The number of aliphatic carboxylic acids is 1. The predicted molar refractivity (Wildman–Crippen MR) is 124 cm³/mol. The number of carbonyl (C=O) groups is 4. The predicted octanol–water partition coefficient (Wildman–Crippen LogP) is 1.77.